The number of rotatable bonds is 9. The van der Waals surface area contributed by atoms with Crippen molar-refractivity contribution in [3.63, 3.8) is 0 Å². The molecule has 1 aromatic carbocycles. The topological polar surface area (TPSA) is 125 Å². The largest absolute Gasteiger partial charge is 0.481 e. The van der Waals surface area contributed by atoms with Crippen LogP contribution in [-0.2, 0) is 30.7 Å². The molecule has 0 aliphatic carbocycles. The SMILES string of the molecule is CCn1cc(CCC(CC(=O)O)c2ccc(C)c(CN3CC(C)Cc4ncccc4S3(O)O)c2)nn1. The Morgan fingerprint density at radius 1 is 1.28 bits per heavy atom. The van der Waals surface area contributed by atoms with Gasteiger partial charge in [0.15, 0.2) is 0 Å². The highest BCUT2D eigenvalue weighted by molar-refractivity contribution is 8.22. The third kappa shape index (κ3) is 5.95. The van der Waals surface area contributed by atoms with Gasteiger partial charge in [-0.1, -0.05) is 30.3 Å². The number of carbonyl (C=O) groups is 1. The van der Waals surface area contributed by atoms with E-state index in [1.807, 2.05) is 38.2 Å². The van der Waals surface area contributed by atoms with Gasteiger partial charge in [-0.05, 0) is 73.8 Å². The lowest BCUT2D eigenvalue weighted by Crippen LogP contribution is -2.30. The molecule has 0 amide bonds. The quantitative estimate of drug-likeness (QED) is 0.369. The predicted molar refractivity (Wildman–Crippen MR) is 139 cm³/mol. The molecule has 2 unspecified atom stereocenters. The van der Waals surface area contributed by atoms with Crippen LogP contribution in [0.25, 0.3) is 0 Å². The van der Waals surface area contributed by atoms with E-state index in [0.717, 1.165) is 34.6 Å². The number of aliphatic carboxylic acids is 1. The standard InChI is InChI=1S/C26H35N5O4S/c1-4-30-17-23(28-29-30)10-9-21(14-26(32)33)20-8-7-19(3)22(13-20)16-31-15-18(2)12-24-25(36(31,34)35)6-5-11-27-24/h5-8,11,13,17-18,21,34-35H,4,9-10,12,14-16H2,1-3H3,(H,32,33). The van der Waals surface area contributed by atoms with E-state index in [1.165, 1.54) is 0 Å². The average molecular weight is 514 g/mol. The van der Waals surface area contributed by atoms with E-state index in [1.54, 1.807) is 27.3 Å². The zero-order valence-electron chi connectivity index (χ0n) is 21.0. The number of aromatic nitrogens is 4. The number of carboxylic acids is 1. The molecule has 4 rings (SSSR count). The first-order valence-corrected chi connectivity index (χ1v) is 13.8. The van der Waals surface area contributed by atoms with Crippen LogP contribution in [0.15, 0.2) is 47.6 Å². The van der Waals surface area contributed by atoms with Gasteiger partial charge < -0.3 is 5.11 Å². The van der Waals surface area contributed by atoms with Gasteiger partial charge in [0.25, 0.3) is 0 Å². The summed E-state index contributed by atoms with van der Waals surface area (Å²) in [7, 11) is -3.21. The summed E-state index contributed by atoms with van der Waals surface area (Å²) in [6.07, 6.45) is 5.55. The van der Waals surface area contributed by atoms with Gasteiger partial charge in [-0.2, -0.15) is 4.31 Å². The molecule has 0 bridgehead atoms. The maximum atomic E-state index is 11.7. The maximum Gasteiger partial charge on any atom is 0.303 e. The Kier molecular flexibility index (Phi) is 8.09. The fraction of sp³-hybridized carbons (Fsp3) is 0.462. The van der Waals surface area contributed by atoms with E-state index in [0.29, 0.717) is 37.2 Å². The van der Waals surface area contributed by atoms with Crippen LogP contribution in [0.4, 0.5) is 0 Å². The molecule has 1 aliphatic rings. The Morgan fingerprint density at radius 2 is 2.08 bits per heavy atom. The van der Waals surface area contributed by atoms with Crippen LogP contribution in [0.2, 0.25) is 0 Å². The number of aryl methyl sites for hydroxylation is 3. The molecular formula is C26H35N5O4S. The third-order valence-corrected chi connectivity index (χ3v) is 8.79. The summed E-state index contributed by atoms with van der Waals surface area (Å²) < 4.78 is 26.1. The smallest absolute Gasteiger partial charge is 0.303 e. The van der Waals surface area contributed by atoms with Crippen molar-refractivity contribution in [2.75, 3.05) is 6.54 Å². The van der Waals surface area contributed by atoms with Gasteiger partial charge in [0, 0.05) is 32.0 Å². The molecular weight excluding hydrogens is 478 g/mol. The van der Waals surface area contributed by atoms with Crippen molar-refractivity contribution in [2.24, 2.45) is 5.92 Å². The molecule has 1 aliphatic heterocycles. The molecule has 0 spiro atoms. The van der Waals surface area contributed by atoms with Crippen molar-refractivity contribution in [1.29, 1.82) is 0 Å². The summed E-state index contributed by atoms with van der Waals surface area (Å²) in [5.74, 6) is -0.840. The van der Waals surface area contributed by atoms with E-state index < -0.39 is 16.7 Å². The van der Waals surface area contributed by atoms with Crippen LogP contribution >= 0.6 is 10.8 Å². The molecule has 10 heteroatoms. The fourth-order valence-electron chi connectivity index (χ4n) is 4.80. The highest BCUT2D eigenvalue weighted by Gasteiger charge is 2.33. The van der Waals surface area contributed by atoms with E-state index in [9.17, 15) is 19.0 Å². The van der Waals surface area contributed by atoms with Crippen LogP contribution < -0.4 is 0 Å². The number of pyridine rings is 1. The van der Waals surface area contributed by atoms with Crippen LogP contribution in [0.5, 0.6) is 0 Å². The van der Waals surface area contributed by atoms with Gasteiger partial charge in [0.1, 0.15) is 0 Å². The molecule has 194 valence electrons. The normalized spacial score (nSPS) is 19.3. The van der Waals surface area contributed by atoms with Crippen molar-refractivity contribution < 1.29 is 19.0 Å². The van der Waals surface area contributed by atoms with Crippen LogP contribution in [0.1, 0.15) is 60.7 Å². The minimum atomic E-state index is -3.21. The second kappa shape index (κ2) is 11.1. The van der Waals surface area contributed by atoms with Crippen molar-refractivity contribution in [1.82, 2.24) is 24.3 Å². The van der Waals surface area contributed by atoms with Gasteiger partial charge in [-0.15, -0.1) is 15.9 Å². The first-order valence-electron chi connectivity index (χ1n) is 12.3. The predicted octanol–water partition coefficient (Wildman–Crippen LogP) is 4.91. The highest BCUT2D eigenvalue weighted by atomic mass is 32.3. The van der Waals surface area contributed by atoms with Gasteiger partial charge >= 0.3 is 5.97 Å². The van der Waals surface area contributed by atoms with Crippen molar-refractivity contribution in [3.8, 4) is 0 Å². The van der Waals surface area contributed by atoms with Gasteiger partial charge in [-0.3, -0.25) is 23.6 Å². The van der Waals surface area contributed by atoms with Crippen molar-refractivity contribution in [3.05, 3.63) is 70.8 Å². The molecule has 36 heavy (non-hydrogen) atoms. The Hall–Kier alpha value is -2.79. The summed E-state index contributed by atoms with van der Waals surface area (Å²) in [4.78, 5) is 16.6. The average Bonchev–Trinajstić information content (AvgIpc) is 3.27. The molecule has 3 heterocycles. The van der Waals surface area contributed by atoms with E-state index in [-0.39, 0.29) is 18.3 Å². The fourth-order valence-corrected chi connectivity index (χ4v) is 6.57. The lowest BCUT2D eigenvalue weighted by molar-refractivity contribution is -0.137. The van der Waals surface area contributed by atoms with Gasteiger partial charge in [0.05, 0.1) is 22.7 Å². The molecule has 3 N–H and O–H groups in total. The van der Waals surface area contributed by atoms with E-state index in [2.05, 4.69) is 22.2 Å². The summed E-state index contributed by atoms with van der Waals surface area (Å²) in [6.45, 7) is 7.69. The number of nitrogens with zero attached hydrogens (tertiary/aromatic N) is 5. The zero-order valence-corrected chi connectivity index (χ0v) is 21.9. The molecule has 0 saturated heterocycles. The Bertz CT molecular complexity index is 1210. The van der Waals surface area contributed by atoms with Gasteiger partial charge in [-0.25, -0.2) is 0 Å². The molecule has 0 fully saturated rings. The van der Waals surface area contributed by atoms with Crippen LogP contribution in [0, 0.1) is 12.8 Å². The number of hydrogen-bond donors (Lipinski definition) is 3. The van der Waals surface area contributed by atoms with Crippen LogP contribution in [-0.4, -0.2) is 51.0 Å². The zero-order chi connectivity index (χ0) is 25.9. The second-order valence-corrected chi connectivity index (χ2v) is 11.7. The maximum absolute atomic E-state index is 11.7. The molecule has 3 aromatic rings. The highest BCUT2D eigenvalue weighted by Crippen LogP contribution is 2.55. The summed E-state index contributed by atoms with van der Waals surface area (Å²) in [5.41, 5.74) is 4.50. The molecule has 0 saturated carbocycles. The molecule has 2 aromatic heterocycles. The molecule has 2 atom stereocenters. The Balaban J connectivity index is 1.59. The number of carboxylic acid groups (broad SMARTS) is 1. The number of fused-ring (bicyclic) bond motifs is 1. The third-order valence-electron chi connectivity index (χ3n) is 6.83. The number of hydrogen-bond acceptors (Lipinski definition) is 7. The first-order chi connectivity index (χ1) is 17.2. The van der Waals surface area contributed by atoms with E-state index in [4.69, 9.17) is 0 Å². The summed E-state index contributed by atoms with van der Waals surface area (Å²) in [6, 6.07) is 9.50. The number of benzene rings is 1. The second-order valence-electron chi connectivity index (χ2n) is 9.68. The minimum absolute atomic E-state index is 0.0133. The lowest BCUT2D eigenvalue weighted by Gasteiger charge is -2.42. The lowest BCUT2D eigenvalue weighted by atomic mass is 9.88. The van der Waals surface area contributed by atoms with Crippen molar-refractivity contribution in [2.45, 2.75) is 70.4 Å². The molecule has 0 radical (unpaired) electrons. The van der Waals surface area contributed by atoms with Crippen LogP contribution in [0.3, 0.4) is 0 Å². The summed E-state index contributed by atoms with van der Waals surface area (Å²) in [5, 5.41) is 17.9. The monoisotopic (exact) mass is 513 g/mol. The van der Waals surface area contributed by atoms with Gasteiger partial charge in [0.2, 0.25) is 0 Å². The summed E-state index contributed by atoms with van der Waals surface area (Å²) >= 11 is 0. The Labute approximate surface area is 213 Å². The van der Waals surface area contributed by atoms with Crippen molar-refractivity contribution >= 4 is 16.7 Å². The Morgan fingerprint density at radius 3 is 2.81 bits per heavy atom. The molecule has 9 nitrogen and oxygen atoms in total. The first kappa shape index (κ1) is 26.3. The minimum Gasteiger partial charge on any atom is -0.481 e. The van der Waals surface area contributed by atoms with E-state index >= 15 is 0 Å².